The zero-order chi connectivity index (χ0) is 17.7. The van der Waals surface area contributed by atoms with Gasteiger partial charge in [-0.1, -0.05) is 30.3 Å². The van der Waals surface area contributed by atoms with Crippen molar-refractivity contribution in [1.82, 2.24) is 9.21 Å². The van der Waals surface area contributed by atoms with Crippen molar-refractivity contribution in [2.24, 2.45) is 0 Å². The Labute approximate surface area is 149 Å². The quantitative estimate of drug-likeness (QED) is 0.787. The molecule has 0 N–H and O–H groups in total. The van der Waals surface area contributed by atoms with E-state index in [4.69, 9.17) is 4.74 Å². The minimum absolute atomic E-state index is 0.0148. The van der Waals surface area contributed by atoms with Crippen LogP contribution in [0, 0.1) is 0 Å². The molecule has 7 heteroatoms. The van der Waals surface area contributed by atoms with Gasteiger partial charge in [0.2, 0.25) is 10.0 Å². The molecule has 1 aromatic carbocycles. The van der Waals surface area contributed by atoms with Crippen molar-refractivity contribution in [3.05, 3.63) is 35.9 Å². The Bertz CT molecular complexity index is 672. The molecule has 1 unspecified atom stereocenters. The lowest BCUT2D eigenvalue weighted by Crippen LogP contribution is -2.42. The van der Waals surface area contributed by atoms with Crippen LogP contribution in [-0.4, -0.2) is 68.2 Å². The minimum atomic E-state index is -3.31. The van der Waals surface area contributed by atoms with E-state index in [1.54, 1.807) is 9.21 Å². The van der Waals surface area contributed by atoms with E-state index in [9.17, 15) is 13.2 Å². The molecule has 3 rings (SSSR count). The Morgan fingerprint density at radius 1 is 1.08 bits per heavy atom. The van der Waals surface area contributed by atoms with E-state index in [2.05, 4.69) is 0 Å². The number of hydrogen-bond donors (Lipinski definition) is 0. The summed E-state index contributed by atoms with van der Waals surface area (Å²) in [7, 11) is -3.31. The maximum absolute atomic E-state index is 12.6. The number of carbonyl (C=O) groups excluding carboxylic acids is 1. The number of nitrogens with zero attached hydrogens (tertiary/aromatic N) is 2. The monoisotopic (exact) mass is 366 g/mol. The van der Waals surface area contributed by atoms with Gasteiger partial charge in [0.15, 0.2) is 0 Å². The summed E-state index contributed by atoms with van der Waals surface area (Å²) in [5.41, 5.74) is 1.02. The molecule has 0 saturated carbocycles. The van der Waals surface area contributed by atoms with Crippen molar-refractivity contribution in [1.29, 1.82) is 0 Å². The smallest absolute Gasteiger partial charge is 0.251 e. The molecule has 0 spiro atoms. The number of benzene rings is 1. The van der Waals surface area contributed by atoms with Gasteiger partial charge < -0.3 is 9.64 Å². The van der Waals surface area contributed by atoms with Crippen molar-refractivity contribution in [2.45, 2.75) is 31.8 Å². The molecule has 2 saturated heterocycles. The number of sulfonamides is 1. The summed E-state index contributed by atoms with van der Waals surface area (Å²) in [6, 6.07) is 9.65. The van der Waals surface area contributed by atoms with Crippen molar-refractivity contribution >= 4 is 15.9 Å². The van der Waals surface area contributed by atoms with Gasteiger partial charge in [0.25, 0.3) is 5.91 Å². The second-order valence-corrected chi connectivity index (χ2v) is 8.72. The highest BCUT2D eigenvalue weighted by Gasteiger charge is 2.31. The third kappa shape index (κ3) is 4.80. The number of amides is 1. The maximum atomic E-state index is 12.6. The van der Waals surface area contributed by atoms with Gasteiger partial charge in [-0.05, 0) is 31.2 Å². The normalized spacial score (nSPS) is 22.7. The first-order valence-corrected chi connectivity index (χ1v) is 10.6. The van der Waals surface area contributed by atoms with Crippen LogP contribution < -0.4 is 0 Å². The molecule has 1 atom stereocenters. The van der Waals surface area contributed by atoms with Gasteiger partial charge in [-0.3, -0.25) is 4.79 Å². The third-order valence-corrected chi connectivity index (χ3v) is 6.73. The molecule has 2 aliphatic rings. The molecule has 0 aliphatic carbocycles. The molecule has 1 amide bonds. The van der Waals surface area contributed by atoms with E-state index in [1.807, 2.05) is 30.3 Å². The predicted octanol–water partition coefficient (Wildman–Crippen LogP) is 1.27. The van der Waals surface area contributed by atoms with Crippen LogP contribution >= 0.6 is 0 Å². The fourth-order valence-electron chi connectivity index (χ4n) is 3.39. The first-order chi connectivity index (χ1) is 12.1. The van der Waals surface area contributed by atoms with Crippen LogP contribution in [0.4, 0.5) is 0 Å². The second-order valence-electron chi connectivity index (χ2n) is 6.63. The zero-order valence-electron chi connectivity index (χ0n) is 14.5. The van der Waals surface area contributed by atoms with Crippen LogP contribution in [0.5, 0.6) is 0 Å². The molecule has 0 bridgehead atoms. The number of ether oxygens (including phenoxy) is 1. The van der Waals surface area contributed by atoms with Gasteiger partial charge in [0.05, 0.1) is 5.75 Å². The summed E-state index contributed by atoms with van der Waals surface area (Å²) in [4.78, 5) is 14.2. The molecule has 6 nitrogen and oxygen atoms in total. The molecule has 2 heterocycles. The number of carbonyl (C=O) groups is 1. The summed E-state index contributed by atoms with van der Waals surface area (Å²) >= 11 is 0. The fourth-order valence-corrected chi connectivity index (χ4v) is 4.91. The van der Waals surface area contributed by atoms with Crippen molar-refractivity contribution in [2.75, 3.05) is 38.5 Å². The van der Waals surface area contributed by atoms with E-state index < -0.39 is 10.0 Å². The molecule has 2 fully saturated rings. The molecule has 138 valence electrons. The molecule has 1 aromatic rings. The lowest BCUT2D eigenvalue weighted by Gasteiger charge is -2.24. The molecule has 25 heavy (non-hydrogen) atoms. The van der Waals surface area contributed by atoms with Gasteiger partial charge in [0, 0.05) is 32.8 Å². The number of hydrogen-bond acceptors (Lipinski definition) is 4. The number of rotatable bonds is 5. The summed E-state index contributed by atoms with van der Waals surface area (Å²) in [6.45, 7) is 2.54. The van der Waals surface area contributed by atoms with Crippen LogP contribution in [0.15, 0.2) is 30.3 Å². The number of aryl methyl sites for hydroxylation is 1. The second kappa shape index (κ2) is 8.29. The van der Waals surface area contributed by atoms with Crippen LogP contribution in [-0.2, 0) is 26.0 Å². The third-order valence-electron chi connectivity index (χ3n) is 4.86. The zero-order valence-corrected chi connectivity index (χ0v) is 15.3. The lowest BCUT2D eigenvalue weighted by atomic mass is 10.2. The maximum Gasteiger partial charge on any atom is 0.251 e. The average Bonchev–Trinajstić information content (AvgIpc) is 3.04. The Hall–Kier alpha value is -1.44. The summed E-state index contributed by atoms with van der Waals surface area (Å²) in [5.74, 6) is 0.123. The lowest BCUT2D eigenvalue weighted by molar-refractivity contribution is -0.140. The Kier molecular flexibility index (Phi) is 6.09. The van der Waals surface area contributed by atoms with Gasteiger partial charge in [-0.15, -0.1) is 0 Å². The van der Waals surface area contributed by atoms with E-state index in [-0.39, 0.29) is 17.8 Å². The molecule has 2 aliphatic heterocycles. The molecular formula is C18H26N2O4S. The van der Waals surface area contributed by atoms with E-state index in [1.165, 1.54) is 0 Å². The topological polar surface area (TPSA) is 66.9 Å². The SMILES string of the molecule is O=C(C1CCCO1)N1CCCN(S(=O)(=O)CCc2ccccc2)CC1. The Morgan fingerprint density at radius 2 is 1.88 bits per heavy atom. The van der Waals surface area contributed by atoms with Gasteiger partial charge >= 0.3 is 0 Å². The highest BCUT2D eigenvalue weighted by atomic mass is 32.2. The Morgan fingerprint density at radius 3 is 2.60 bits per heavy atom. The van der Waals surface area contributed by atoms with Crippen molar-refractivity contribution in [3.8, 4) is 0 Å². The van der Waals surface area contributed by atoms with Crippen LogP contribution in [0.2, 0.25) is 0 Å². The minimum Gasteiger partial charge on any atom is -0.368 e. The van der Waals surface area contributed by atoms with E-state index in [0.717, 1.165) is 18.4 Å². The largest absolute Gasteiger partial charge is 0.368 e. The summed E-state index contributed by atoms with van der Waals surface area (Å²) < 4.78 is 32.3. The molecule has 0 aromatic heterocycles. The highest BCUT2D eigenvalue weighted by Crippen LogP contribution is 2.17. The van der Waals surface area contributed by atoms with E-state index >= 15 is 0 Å². The van der Waals surface area contributed by atoms with E-state index in [0.29, 0.717) is 45.6 Å². The van der Waals surface area contributed by atoms with Gasteiger partial charge in [0.1, 0.15) is 6.10 Å². The van der Waals surface area contributed by atoms with Crippen molar-refractivity contribution < 1.29 is 17.9 Å². The van der Waals surface area contributed by atoms with Crippen LogP contribution in [0.25, 0.3) is 0 Å². The average molecular weight is 366 g/mol. The summed E-state index contributed by atoms with van der Waals surface area (Å²) in [6.07, 6.45) is 2.54. The first kappa shape index (κ1) is 18.4. The Balaban J connectivity index is 1.55. The van der Waals surface area contributed by atoms with Crippen LogP contribution in [0.1, 0.15) is 24.8 Å². The molecular weight excluding hydrogens is 340 g/mol. The summed E-state index contributed by atoms with van der Waals surface area (Å²) in [5, 5.41) is 0. The van der Waals surface area contributed by atoms with Crippen molar-refractivity contribution in [3.63, 3.8) is 0 Å². The van der Waals surface area contributed by atoms with Gasteiger partial charge in [-0.25, -0.2) is 12.7 Å². The highest BCUT2D eigenvalue weighted by molar-refractivity contribution is 7.89. The fraction of sp³-hybridized carbons (Fsp3) is 0.611. The molecule has 0 radical (unpaired) electrons. The predicted molar refractivity (Wildman–Crippen MR) is 95.7 cm³/mol. The standard InChI is InChI=1S/C18H26N2O4S/c21-18(17-8-4-14-24-17)19-10-5-11-20(13-12-19)25(22,23)15-9-16-6-2-1-3-7-16/h1-3,6-7,17H,4-5,8-15H2. The first-order valence-electron chi connectivity index (χ1n) is 8.98. The van der Waals surface area contributed by atoms with Crippen LogP contribution in [0.3, 0.4) is 0 Å². The van der Waals surface area contributed by atoms with Gasteiger partial charge in [-0.2, -0.15) is 0 Å².